The second kappa shape index (κ2) is 5.28. The van der Waals surface area contributed by atoms with Gasteiger partial charge in [0.25, 0.3) is 5.91 Å². The van der Waals surface area contributed by atoms with Crippen molar-refractivity contribution in [1.82, 2.24) is 4.98 Å². The molecule has 2 aromatic heterocycles. The number of thiazole rings is 1. The first kappa shape index (κ1) is 12.7. The zero-order valence-corrected chi connectivity index (χ0v) is 11.4. The van der Waals surface area contributed by atoms with Crippen LogP contribution in [0.5, 0.6) is 0 Å². The fraction of sp³-hybridized carbons (Fsp3) is 0.182. The van der Waals surface area contributed by atoms with Crippen LogP contribution in [-0.4, -0.2) is 31.0 Å². The molecule has 0 bridgehead atoms. The van der Waals surface area contributed by atoms with Gasteiger partial charge in [0.05, 0.1) is 12.0 Å². The monoisotopic (exact) mass is 282 g/mol. The van der Waals surface area contributed by atoms with E-state index in [1.54, 1.807) is 30.8 Å². The second-order valence-electron chi connectivity index (χ2n) is 3.33. The lowest BCUT2D eigenvalue weighted by Crippen LogP contribution is -2.25. The van der Waals surface area contributed by atoms with Crippen molar-refractivity contribution in [2.75, 3.05) is 19.1 Å². The molecule has 0 fully saturated rings. The Morgan fingerprint density at radius 2 is 2.06 bits per heavy atom. The average Bonchev–Trinajstić information content (AvgIpc) is 3.06. The van der Waals surface area contributed by atoms with Crippen molar-refractivity contribution in [3.8, 4) is 0 Å². The largest absolute Gasteiger partial charge is 0.465 e. The number of ether oxygens (including phenoxy) is 1. The lowest BCUT2D eigenvalue weighted by molar-refractivity contribution is 0.0606. The summed E-state index contributed by atoms with van der Waals surface area (Å²) in [6.45, 7) is 0. The van der Waals surface area contributed by atoms with Crippen LogP contribution < -0.4 is 4.90 Å². The van der Waals surface area contributed by atoms with E-state index in [2.05, 4.69) is 9.72 Å². The third-order valence-corrected chi connectivity index (χ3v) is 4.12. The number of hydrogen-bond donors (Lipinski definition) is 0. The van der Waals surface area contributed by atoms with Gasteiger partial charge in [-0.15, -0.1) is 22.7 Å². The fourth-order valence-electron chi connectivity index (χ4n) is 1.30. The SMILES string of the molecule is COC(=O)c1ccc(C(=O)N(C)c2nccs2)s1. The highest BCUT2D eigenvalue weighted by Gasteiger charge is 2.19. The minimum Gasteiger partial charge on any atom is -0.465 e. The number of esters is 1. The average molecular weight is 282 g/mol. The Morgan fingerprint density at radius 3 is 2.67 bits per heavy atom. The zero-order valence-electron chi connectivity index (χ0n) is 9.75. The molecule has 0 aromatic carbocycles. The Labute approximate surface area is 112 Å². The Kier molecular flexibility index (Phi) is 3.73. The summed E-state index contributed by atoms with van der Waals surface area (Å²) >= 11 is 2.49. The molecule has 0 radical (unpaired) electrons. The van der Waals surface area contributed by atoms with Gasteiger partial charge in [0, 0.05) is 18.6 Å². The van der Waals surface area contributed by atoms with Gasteiger partial charge in [-0.25, -0.2) is 9.78 Å². The third kappa shape index (κ3) is 2.41. The fourth-order valence-corrected chi connectivity index (χ4v) is 2.80. The molecule has 0 aliphatic heterocycles. The van der Waals surface area contributed by atoms with Gasteiger partial charge in [-0.05, 0) is 12.1 Å². The van der Waals surface area contributed by atoms with Crippen LogP contribution in [0.4, 0.5) is 5.13 Å². The van der Waals surface area contributed by atoms with E-state index in [9.17, 15) is 9.59 Å². The van der Waals surface area contributed by atoms with E-state index in [0.717, 1.165) is 11.3 Å². The lowest BCUT2D eigenvalue weighted by atomic mass is 10.4. The normalized spacial score (nSPS) is 10.1. The minimum absolute atomic E-state index is 0.190. The summed E-state index contributed by atoms with van der Waals surface area (Å²) in [5.41, 5.74) is 0. The smallest absolute Gasteiger partial charge is 0.348 e. The summed E-state index contributed by atoms with van der Waals surface area (Å²) in [4.78, 5) is 29.8. The number of aromatic nitrogens is 1. The number of amides is 1. The molecule has 0 aliphatic rings. The number of methoxy groups -OCH3 is 1. The predicted octanol–water partition coefficient (Wildman–Crippen LogP) is 2.27. The number of nitrogens with zero attached hydrogens (tertiary/aromatic N) is 2. The van der Waals surface area contributed by atoms with E-state index >= 15 is 0 Å². The van der Waals surface area contributed by atoms with Gasteiger partial charge in [-0.3, -0.25) is 9.69 Å². The van der Waals surface area contributed by atoms with Crippen LogP contribution in [0.2, 0.25) is 0 Å². The molecule has 7 heteroatoms. The highest BCUT2D eigenvalue weighted by molar-refractivity contribution is 7.16. The van der Waals surface area contributed by atoms with Crippen LogP contribution >= 0.6 is 22.7 Å². The Balaban J connectivity index is 2.19. The molecular weight excluding hydrogens is 272 g/mol. The highest BCUT2D eigenvalue weighted by Crippen LogP contribution is 2.22. The standard InChI is InChI=1S/C11H10N2O3S2/c1-13(11-12-5-6-17-11)9(14)7-3-4-8(18-7)10(15)16-2/h3-6H,1-2H3. The molecule has 94 valence electrons. The third-order valence-electron chi connectivity index (χ3n) is 2.21. The van der Waals surface area contributed by atoms with Crippen molar-refractivity contribution in [1.29, 1.82) is 0 Å². The lowest BCUT2D eigenvalue weighted by Gasteiger charge is -2.11. The topological polar surface area (TPSA) is 59.5 Å². The number of thiophene rings is 1. The van der Waals surface area contributed by atoms with Gasteiger partial charge in [-0.2, -0.15) is 0 Å². The van der Waals surface area contributed by atoms with Crippen LogP contribution in [0.25, 0.3) is 0 Å². The van der Waals surface area contributed by atoms with Crippen molar-refractivity contribution < 1.29 is 14.3 Å². The summed E-state index contributed by atoms with van der Waals surface area (Å²) in [6.07, 6.45) is 1.64. The number of carbonyl (C=O) groups is 2. The summed E-state index contributed by atoms with van der Waals surface area (Å²) in [7, 11) is 2.96. The van der Waals surface area contributed by atoms with Gasteiger partial charge < -0.3 is 4.74 Å². The van der Waals surface area contributed by atoms with Crippen molar-refractivity contribution >= 4 is 39.7 Å². The van der Waals surface area contributed by atoms with E-state index in [-0.39, 0.29) is 5.91 Å². The van der Waals surface area contributed by atoms with Gasteiger partial charge in [0.1, 0.15) is 4.88 Å². The molecular formula is C11H10N2O3S2. The molecule has 0 saturated heterocycles. The van der Waals surface area contributed by atoms with Crippen LogP contribution in [0.1, 0.15) is 19.3 Å². The summed E-state index contributed by atoms with van der Waals surface area (Å²) in [6, 6.07) is 3.20. The minimum atomic E-state index is -0.434. The van der Waals surface area contributed by atoms with Crippen molar-refractivity contribution in [2.45, 2.75) is 0 Å². The van der Waals surface area contributed by atoms with Crippen LogP contribution in [0.15, 0.2) is 23.7 Å². The molecule has 1 amide bonds. The second-order valence-corrected chi connectivity index (χ2v) is 5.29. The Morgan fingerprint density at radius 1 is 1.33 bits per heavy atom. The first-order chi connectivity index (χ1) is 8.63. The molecule has 0 N–H and O–H groups in total. The number of hydrogen-bond acceptors (Lipinski definition) is 6. The van der Waals surface area contributed by atoms with E-state index in [0.29, 0.717) is 14.9 Å². The molecule has 0 unspecified atom stereocenters. The summed E-state index contributed by atoms with van der Waals surface area (Å²) in [5, 5.41) is 2.42. The van der Waals surface area contributed by atoms with Gasteiger partial charge in [-0.1, -0.05) is 0 Å². The highest BCUT2D eigenvalue weighted by atomic mass is 32.1. The zero-order chi connectivity index (χ0) is 13.1. The molecule has 2 heterocycles. The first-order valence-electron chi connectivity index (χ1n) is 4.99. The van der Waals surface area contributed by atoms with Crippen molar-refractivity contribution in [2.24, 2.45) is 0 Å². The number of rotatable bonds is 3. The quantitative estimate of drug-likeness (QED) is 0.810. The molecule has 0 saturated carbocycles. The molecule has 2 aromatic rings. The van der Waals surface area contributed by atoms with Gasteiger partial charge >= 0.3 is 5.97 Å². The number of carbonyl (C=O) groups excluding carboxylic acids is 2. The maximum Gasteiger partial charge on any atom is 0.348 e. The molecule has 0 aliphatic carbocycles. The molecule has 0 atom stereocenters. The van der Waals surface area contributed by atoms with E-state index in [1.165, 1.54) is 23.3 Å². The van der Waals surface area contributed by atoms with E-state index in [4.69, 9.17) is 0 Å². The van der Waals surface area contributed by atoms with E-state index in [1.807, 2.05) is 0 Å². The van der Waals surface area contributed by atoms with Gasteiger partial charge in [0.2, 0.25) is 0 Å². The van der Waals surface area contributed by atoms with Crippen molar-refractivity contribution in [3.05, 3.63) is 33.5 Å². The molecule has 2 rings (SSSR count). The maximum atomic E-state index is 12.1. The van der Waals surface area contributed by atoms with Gasteiger partial charge in [0.15, 0.2) is 5.13 Å². The van der Waals surface area contributed by atoms with Crippen LogP contribution in [-0.2, 0) is 4.74 Å². The summed E-state index contributed by atoms with van der Waals surface area (Å²) < 4.78 is 4.60. The molecule has 5 nitrogen and oxygen atoms in total. The Hall–Kier alpha value is -1.73. The predicted molar refractivity (Wildman–Crippen MR) is 70.5 cm³/mol. The summed E-state index contributed by atoms with van der Waals surface area (Å²) in [5.74, 6) is -0.624. The Bertz CT molecular complexity index is 563. The number of anilines is 1. The van der Waals surface area contributed by atoms with Crippen molar-refractivity contribution in [3.63, 3.8) is 0 Å². The van der Waals surface area contributed by atoms with Crippen LogP contribution in [0.3, 0.4) is 0 Å². The molecule has 0 spiro atoms. The van der Waals surface area contributed by atoms with E-state index < -0.39 is 5.97 Å². The first-order valence-corrected chi connectivity index (χ1v) is 6.69. The van der Waals surface area contributed by atoms with Crippen LogP contribution in [0, 0.1) is 0 Å². The maximum absolute atomic E-state index is 12.1. The molecule has 18 heavy (non-hydrogen) atoms.